The average molecular weight is 836 g/mol. The number of thiophene rings is 2. The first-order chi connectivity index (χ1) is 25.9. The summed E-state index contributed by atoms with van der Waals surface area (Å²) in [6, 6.07) is 12.4. The fourth-order valence-corrected chi connectivity index (χ4v) is 9.12. The number of H-pyrrole nitrogens is 1. The van der Waals surface area contributed by atoms with Crippen LogP contribution < -0.4 is 0 Å². The van der Waals surface area contributed by atoms with E-state index < -0.39 is 16.8 Å². The van der Waals surface area contributed by atoms with Gasteiger partial charge >= 0.3 is 5.97 Å². The van der Waals surface area contributed by atoms with Crippen molar-refractivity contribution in [2.75, 3.05) is 13.2 Å². The van der Waals surface area contributed by atoms with Gasteiger partial charge in [0.1, 0.15) is 0 Å². The molecule has 0 unspecified atom stereocenters. The summed E-state index contributed by atoms with van der Waals surface area (Å²) >= 11 is 15.3. The number of carbonyl (C=O) groups excluding carboxylic acids is 1. The maximum Gasteiger partial charge on any atom is 0.311 e. The van der Waals surface area contributed by atoms with Crippen LogP contribution in [0.3, 0.4) is 0 Å². The van der Waals surface area contributed by atoms with Crippen LogP contribution in [0.4, 0.5) is 0 Å². The Kier molecular flexibility index (Phi) is 16.2. The molecule has 4 heterocycles. The molecule has 4 N–H and O–H groups in total. The molecule has 0 radical (unpaired) electrons. The van der Waals surface area contributed by atoms with Gasteiger partial charge in [-0.3, -0.25) is 14.7 Å². The number of hydrogen-bond acceptors (Lipinski definition) is 8. The van der Waals surface area contributed by atoms with Crippen LogP contribution in [0.2, 0.25) is 8.67 Å². The number of aliphatic hydroxyl groups excluding tert-OH is 2. The zero-order valence-corrected chi connectivity index (χ0v) is 36.5. The van der Waals surface area contributed by atoms with Gasteiger partial charge in [-0.2, -0.15) is 10.2 Å². The third-order valence-corrected chi connectivity index (χ3v) is 13.8. The molecule has 4 aromatic rings. The number of hydrogen-bond donors (Lipinski definition) is 4. The zero-order chi connectivity index (χ0) is 40.4. The highest BCUT2D eigenvalue weighted by atomic mass is 35.5. The van der Waals surface area contributed by atoms with Gasteiger partial charge in [-0.25, -0.2) is 4.68 Å². The summed E-state index contributed by atoms with van der Waals surface area (Å²) < 4.78 is 3.21. The third-order valence-electron chi connectivity index (χ3n) is 11.2. The number of halogens is 2. The van der Waals surface area contributed by atoms with Gasteiger partial charge in [-0.05, 0) is 115 Å². The predicted molar refractivity (Wildman–Crippen MR) is 225 cm³/mol. The Labute approximate surface area is 344 Å². The first kappa shape index (κ1) is 45.2. The van der Waals surface area contributed by atoms with E-state index in [9.17, 15) is 14.7 Å². The summed E-state index contributed by atoms with van der Waals surface area (Å²) in [5, 5.41) is 38.9. The van der Waals surface area contributed by atoms with E-state index in [1.54, 1.807) is 41.2 Å². The van der Waals surface area contributed by atoms with Crippen molar-refractivity contribution in [2.45, 2.75) is 142 Å². The van der Waals surface area contributed by atoms with E-state index in [1.807, 2.05) is 18.2 Å². The van der Waals surface area contributed by atoms with Gasteiger partial charge in [0.15, 0.2) is 0 Å². The van der Waals surface area contributed by atoms with E-state index in [0.29, 0.717) is 5.41 Å². The van der Waals surface area contributed by atoms with Crippen molar-refractivity contribution >= 4 is 57.8 Å². The van der Waals surface area contributed by atoms with Gasteiger partial charge in [0.25, 0.3) is 5.91 Å². The number of carboxylic acids is 1. The minimum absolute atomic E-state index is 0.0358. The molecule has 2 fully saturated rings. The Hall–Kier alpha value is -2.54. The molecule has 13 heteroatoms. The van der Waals surface area contributed by atoms with Crippen molar-refractivity contribution in [3.8, 4) is 0 Å². The van der Waals surface area contributed by atoms with E-state index in [4.69, 9.17) is 38.5 Å². The molecule has 304 valence electrons. The second-order valence-electron chi connectivity index (χ2n) is 17.1. The number of carboxylic acid groups (broad SMARTS) is 1. The summed E-state index contributed by atoms with van der Waals surface area (Å²) in [4.78, 5) is 25.7. The number of aromatic amines is 1. The molecular weight excluding hydrogens is 776 g/mol. The minimum atomic E-state index is -0.986. The molecule has 0 aliphatic heterocycles. The lowest BCUT2D eigenvalue weighted by atomic mass is 9.73. The third kappa shape index (κ3) is 12.5. The van der Waals surface area contributed by atoms with E-state index in [2.05, 4.69) is 42.2 Å². The maximum atomic E-state index is 13.1. The van der Waals surface area contributed by atoms with Gasteiger partial charge in [-0.15, -0.1) is 22.7 Å². The number of rotatable bonds is 12. The molecule has 0 bridgehead atoms. The van der Waals surface area contributed by atoms with Crippen LogP contribution in [0, 0.1) is 10.8 Å². The first-order valence-electron chi connectivity index (χ1n) is 19.5. The molecule has 0 aromatic carbocycles. The topological polar surface area (TPSA) is 141 Å². The van der Waals surface area contributed by atoms with Crippen molar-refractivity contribution < 1.29 is 24.9 Å². The van der Waals surface area contributed by atoms with Gasteiger partial charge in [0.05, 0.1) is 44.1 Å². The van der Waals surface area contributed by atoms with Crippen LogP contribution >= 0.6 is 45.9 Å². The normalized spacial score (nSPS) is 16.8. The molecular formula is C42H60Cl2N4O5S2. The number of aliphatic hydroxyl groups is 2. The first-order valence-corrected chi connectivity index (χ1v) is 21.9. The summed E-state index contributed by atoms with van der Waals surface area (Å²) in [5.74, 6) is -1.12. The zero-order valence-electron chi connectivity index (χ0n) is 33.4. The van der Waals surface area contributed by atoms with Crippen molar-refractivity contribution in [3.63, 3.8) is 0 Å². The monoisotopic (exact) mass is 834 g/mol. The van der Waals surface area contributed by atoms with Crippen LogP contribution in [-0.2, 0) is 41.3 Å². The van der Waals surface area contributed by atoms with E-state index >= 15 is 0 Å². The molecule has 4 aromatic heterocycles. The van der Waals surface area contributed by atoms with Crippen LogP contribution in [0.25, 0.3) is 0 Å². The number of aryl methyl sites for hydroxylation is 4. The molecule has 6 rings (SSSR count). The van der Waals surface area contributed by atoms with E-state index in [0.717, 1.165) is 58.6 Å². The Morgan fingerprint density at radius 3 is 1.67 bits per heavy atom. The molecule has 0 amide bonds. The van der Waals surface area contributed by atoms with Crippen molar-refractivity contribution in [2.24, 2.45) is 10.8 Å². The number of carbonyl (C=O) groups is 2. The Balaban J connectivity index is 0.000000210. The Morgan fingerprint density at radius 1 is 0.745 bits per heavy atom. The average Bonchev–Trinajstić information content (AvgIpc) is 3.99. The summed E-state index contributed by atoms with van der Waals surface area (Å²) in [6.07, 6.45) is 16.1. The standard InChI is InChI=1S/C21H29ClN2O2S.C16H21ClN2S.C5H10O3/c1-20(2,14-25)19(26)24-15(7-8-16-9-10-18(22)27-16)13-17(23-24)21(3)11-5-4-6-12-21;1-16(9-3-2-4-10-16)14-11-12(18-19-14)5-6-13-7-8-15(17)20-13;1-5(2,3-6)4(7)8/h9-10,13,25H,4-8,11-12,14H2,1-3H3;7-8,11H,2-6,9-10H2,1H3,(H,18,19);6H,3H2,1-2H3,(H,7,8). The van der Waals surface area contributed by atoms with Gasteiger partial charge in [0, 0.05) is 32.0 Å². The smallest absolute Gasteiger partial charge is 0.311 e. The van der Waals surface area contributed by atoms with E-state index in [-0.39, 0.29) is 24.5 Å². The summed E-state index contributed by atoms with van der Waals surface area (Å²) in [6.45, 7) is 10.6. The minimum Gasteiger partial charge on any atom is -0.481 e. The fraction of sp³-hybridized carbons (Fsp3) is 0.619. The summed E-state index contributed by atoms with van der Waals surface area (Å²) in [5.41, 5.74) is 2.94. The second-order valence-corrected chi connectivity index (χ2v) is 20.7. The summed E-state index contributed by atoms with van der Waals surface area (Å²) in [7, 11) is 0. The Bertz CT molecular complexity index is 1830. The second kappa shape index (κ2) is 19.7. The van der Waals surface area contributed by atoms with Crippen LogP contribution in [0.1, 0.15) is 143 Å². The number of nitrogens with one attached hydrogen (secondary N) is 1. The number of nitrogens with zero attached hydrogens (tertiary/aromatic N) is 3. The Morgan fingerprint density at radius 2 is 1.24 bits per heavy atom. The number of aromatic nitrogens is 4. The lowest BCUT2D eigenvalue weighted by Crippen LogP contribution is -2.35. The van der Waals surface area contributed by atoms with Crippen molar-refractivity contribution in [1.29, 1.82) is 0 Å². The molecule has 55 heavy (non-hydrogen) atoms. The molecule has 2 saturated carbocycles. The lowest BCUT2D eigenvalue weighted by molar-refractivity contribution is -0.148. The van der Waals surface area contributed by atoms with Crippen molar-refractivity contribution in [3.05, 3.63) is 77.6 Å². The molecule has 0 saturated heterocycles. The highest BCUT2D eigenvalue weighted by Crippen LogP contribution is 2.40. The van der Waals surface area contributed by atoms with Crippen LogP contribution in [0.5, 0.6) is 0 Å². The largest absolute Gasteiger partial charge is 0.481 e. The van der Waals surface area contributed by atoms with Crippen LogP contribution in [0.15, 0.2) is 36.4 Å². The SMILES string of the molecule is CC(C)(CO)C(=O)O.CC(C)(CO)C(=O)n1nc(C2(C)CCCCC2)cc1CCc1ccc(Cl)s1.CC1(c2cc(CCc3ccc(Cl)s3)[nH]n2)CCCCC1. The molecule has 0 atom stereocenters. The fourth-order valence-electron chi connectivity index (χ4n) is 6.95. The number of aliphatic carboxylic acids is 1. The van der Waals surface area contributed by atoms with Crippen LogP contribution in [-0.4, -0.2) is 60.4 Å². The van der Waals surface area contributed by atoms with Gasteiger partial charge < -0.3 is 15.3 Å². The molecule has 2 aliphatic rings. The van der Waals surface area contributed by atoms with Gasteiger partial charge in [0.2, 0.25) is 0 Å². The highest BCUT2D eigenvalue weighted by molar-refractivity contribution is 7.16. The van der Waals surface area contributed by atoms with E-state index in [1.165, 1.54) is 86.4 Å². The predicted octanol–water partition coefficient (Wildman–Crippen LogP) is 10.5. The molecule has 0 spiro atoms. The lowest BCUT2D eigenvalue weighted by Gasteiger charge is -2.31. The molecule has 2 aliphatic carbocycles. The van der Waals surface area contributed by atoms with Crippen molar-refractivity contribution in [1.82, 2.24) is 20.0 Å². The highest BCUT2D eigenvalue weighted by Gasteiger charge is 2.36. The molecule has 9 nitrogen and oxygen atoms in total. The van der Waals surface area contributed by atoms with Gasteiger partial charge in [-0.1, -0.05) is 75.6 Å². The maximum absolute atomic E-state index is 13.1. The quantitative estimate of drug-likeness (QED) is 0.111.